The van der Waals surface area contributed by atoms with Crippen LogP contribution in [0.3, 0.4) is 0 Å². The SMILES string of the molecule is Cc1ccccc1C(=O)N[C@@H]1CCCC[C@H]1C(c1ccccc1[N+](=O)[O-])N(C)C. The summed E-state index contributed by atoms with van der Waals surface area (Å²) in [6, 6.07) is 14.4. The summed E-state index contributed by atoms with van der Waals surface area (Å²) < 4.78 is 0. The molecule has 1 unspecified atom stereocenters. The first-order valence-electron chi connectivity index (χ1n) is 10.2. The number of hydrogen-bond acceptors (Lipinski definition) is 4. The van der Waals surface area contributed by atoms with E-state index in [1.807, 2.05) is 62.3 Å². The van der Waals surface area contributed by atoms with Crippen LogP contribution in [0, 0.1) is 23.0 Å². The summed E-state index contributed by atoms with van der Waals surface area (Å²) in [5.74, 6) is 0.0351. The van der Waals surface area contributed by atoms with E-state index >= 15 is 0 Å². The molecule has 6 nitrogen and oxygen atoms in total. The molecule has 1 N–H and O–H groups in total. The lowest BCUT2D eigenvalue weighted by atomic mass is 9.76. The average molecular weight is 396 g/mol. The van der Waals surface area contributed by atoms with E-state index in [1.54, 1.807) is 12.1 Å². The van der Waals surface area contributed by atoms with Crippen molar-refractivity contribution in [2.75, 3.05) is 14.1 Å². The molecule has 1 aliphatic carbocycles. The number of nitro benzene ring substituents is 1. The van der Waals surface area contributed by atoms with Gasteiger partial charge in [-0.1, -0.05) is 49.2 Å². The smallest absolute Gasteiger partial charge is 0.274 e. The molecule has 0 heterocycles. The van der Waals surface area contributed by atoms with Crippen LogP contribution in [0.2, 0.25) is 0 Å². The van der Waals surface area contributed by atoms with Crippen molar-refractivity contribution in [3.8, 4) is 0 Å². The largest absolute Gasteiger partial charge is 0.349 e. The van der Waals surface area contributed by atoms with Crippen molar-refractivity contribution in [2.45, 2.75) is 44.7 Å². The molecule has 0 aliphatic heterocycles. The van der Waals surface area contributed by atoms with Crippen LogP contribution in [-0.4, -0.2) is 35.9 Å². The quantitative estimate of drug-likeness (QED) is 0.577. The Morgan fingerprint density at radius 1 is 1.10 bits per heavy atom. The Balaban J connectivity index is 1.92. The zero-order valence-electron chi connectivity index (χ0n) is 17.3. The van der Waals surface area contributed by atoms with E-state index in [0.29, 0.717) is 11.1 Å². The van der Waals surface area contributed by atoms with Gasteiger partial charge in [-0.3, -0.25) is 14.9 Å². The van der Waals surface area contributed by atoms with E-state index in [4.69, 9.17) is 0 Å². The maximum atomic E-state index is 13.0. The number of aryl methyl sites for hydroxylation is 1. The van der Waals surface area contributed by atoms with Gasteiger partial charge in [0, 0.05) is 29.3 Å². The van der Waals surface area contributed by atoms with Crippen molar-refractivity contribution < 1.29 is 9.72 Å². The average Bonchev–Trinajstić information content (AvgIpc) is 2.69. The summed E-state index contributed by atoms with van der Waals surface area (Å²) in [7, 11) is 3.91. The topological polar surface area (TPSA) is 75.5 Å². The number of para-hydroxylation sites is 1. The number of hydrogen-bond donors (Lipinski definition) is 1. The normalized spacial score (nSPS) is 20.3. The summed E-state index contributed by atoms with van der Waals surface area (Å²) in [4.78, 5) is 26.3. The molecule has 1 fully saturated rings. The molecule has 0 saturated heterocycles. The van der Waals surface area contributed by atoms with Crippen LogP contribution in [0.25, 0.3) is 0 Å². The molecule has 3 rings (SSSR count). The summed E-state index contributed by atoms with van der Waals surface area (Å²) in [6.07, 6.45) is 3.92. The number of nitro groups is 1. The van der Waals surface area contributed by atoms with Gasteiger partial charge in [0.15, 0.2) is 0 Å². The number of benzene rings is 2. The fourth-order valence-corrected chi connectivity index (χ4v) is 4.59. The molecule has 0 radical (unpaired) electrons. The Bertz CT molecular complexity index is 881. The Kier molecular flexibility index (Phi) is 6.64. The van der Waals surface area contributed by atoms with Crippen molar-refractivity contribution in [1.82, 2.24) is 10.2 Å². The lowest BCUT2D eigenvalue weighted by Crippen LogP contribution is -2.47. The first kappa shape index (κ1) is 21.0. The van der Waals surface area contributed by atoms with Crippen LogP contribution in [0.4, 0.5) is 5.69 Å². The molecule has 0 bridgehead atoms. The Morgan fingerprint density at radius 2 is 1.76 bits per heavy atom. The third-order valence-electron chi connectivity index (χ3n) is 5.94. The minimum Gasteiger partial charge on any atom is -0.349 e. The van der Waals surface area contributed by atoms with Crippen LogP contribution in [0.1, 0.15) is 53.2 Å². The van der Waals surface area contributed by atoms with Crippen LogP contribution < -0.4 is 5.32 Å². The minimum atomic E-state index is -0.310. The van der Waals surface area contributed by atoms with E-state index < -0.39 is 0 Å². The molecule has 2 aromatic rings. The third-order valence-corrected chi connectivity index (χ3v) is 5.94. The van der Waals surface area contributed by atoms with E-state index in [9.17, 15) is 14.9 Å². The Labute approximate surface area is 172 Å². The number of carbonyl (C=O) groups is 1. The Hall–Kier alpha value is -2.73. The molecule has 2 aromatic carbocycles. The maximum Gasteiger partial charge on any atom is 0.274 e. The molecule has 3 atom stereocenters. The highest BCUT2D eigenvalue weighted by Crippen LogP contribution is 2.40. The van der Waals surface area contributed by atoms with Gasteiger partial charge < -0.3 is 10.2 Å². The summed E-state index contributed by atoms with van der Waals surface area (Å²) in [5.41, 5.74) is 2.48. The lowest BCUT2D eigenvalue weighted by molar-refractivity contribution is -0.386. The molecule has 1 aliphatic rings. The fraction of sp³-hybridized carbons (Fsp3) is 0.435. The first-order valence-corrected chi connectivity index (χ1v) is 10.2. The molecular weight excluding hydrogens is 366 g/mol. The maximum absolute atomic E-state index is 13.0. The van der Waals surface area contributed by atoms with Gasteiger partial charge in [-0.25, -0.2) is 0 Å². The first-order chi connectivity index (χ1) is 13.9. The van der Waals surface area contributed by atoms with Gasteiger partial charge in [0.2, 0.25) is 0 Å². The van der Waals surface area contributed by atoms with Gasteiger partial charge >= 0.3 is 0 Å². The number of nitrogens with zero attached hydrogens (tertiary/aromatic N) is 2. The van der Waals surface area contributed by atoms with Gasteiger partial charge in [0.1, 0.15) is 0 Å². The highest BCUT2D eigenvalue weighted by Gasteiger charge is 2.37. The zero-order chi connectivity index (χ0) is 21.0. The summed E-state index contributed by atoms with van der Waals surface area (Å²) in [6.45, 7) is 1.93. The number of rotatable bonds is 6. The highest BCUT2D eigenvalue weighted by molar-refractivity contribution is 5.95. The second-order valence-corrected chi connectivity index (χ2v) is 8.07. The van der Waals surface area contributed by atoms with E-state index in [1.165, 1.54) is 0 Å². The molecule has 1 amide bonds. The van der Waals surface area contributed by atoms with Gasteiger partial charge in [-0.15, -0.1) is 0 Å². The third kappa shape index (κ3) is 4.65. The van der Waals surface area contributed by atoms with Gasteiger partial charge in [-0.05, 0) is 51.4 Å². The van der Waals surface area contributed by atoms with Gasteiger partial charge in [0.25, 0.3) is 11.6 Å². The van der Waals surface area contributed by atoms with Crippen molar-refractivity contribution in [2.24, 2.45) is 5.92 Å². The Morgan fingerprint density at radius 3 is 2.45 bits per heavy atom. The summed E-state index contributed by atoms with van der Waals surface area (Å²) >= 11 is 0. The molecule has 0 aromatic heterocycles. The van der Waals surface area contributed by atoms with E-state index in [2.05, 4.69) is 5.32 Å². The molecular formula is C23H29N3O3. The second kappa shape index (κ2) is 9.18. The van der Waals surface area contributed by atoms with Crippen LogP contribution in [-0.2, 0) is 0 Å². The van der Waals surface area contributed by atoms with E-state index in [-0.39, 0.29) is 34.5 Å². The number of nitrogens with one attached hydrogen (secondary N) is 1. The lowest BCUT2D eigenvalue weighted by Gasteiger charge is -2.40. The fourth-order valence-electron chi connectivity index (χ4n) is 4.59. The van der Waals surface area contributed by atoms with Crippen molar-refractivity contribution in [3.63, 3.8) is 0 Å². The van der Waals surface area contributed by atoms with E-state index in [0.717, 1.165) is 31.2 Å². The van der Waals surface area contributed by atoms with Gasteiger partial charge in [0.05, 0.1) is 4.92 Å². The standard InChI is InChI=1S/C23H29N3O3/c1-16-10-4-5-11-17(16)23(27)24-20-14-8-6-12-18(20)22(25(2)3)19-13-7-9-15-21(19)26(28)29/h4-5,7,9-11,13,15,18,20,22H,6,8,12,14H2,1-3H3,(H,24,27)/t18-,20-,22?/m1/s1. The predicted molar refractivity (Wildman–Crippen MR) is 114 cm³/mol. The summed E-state index contributed by atoms with van der Waals surface area (Å²) in [5, 5.41) is 14.9. The minimum absolute atomic E-state index is 0.0249. The molecule has 6 heteroatoms. The van der Waals surface area contributed by atoms with Crippen LogP contribution in [0.15, 0.2) is 48.5 Å². The second-order valence-electron chi connectivity index (χ2n) is 8.07. The zero-order valence-corrected chi connectivity index (χ0v) is 17.3. The number of amides is 1. The predicted octanol–water partition coefficient (Wildman–Crippen LogP) is 4.49. The van der Waals surface area contributed by atoms with Crippen LogP contribution in [0.5, 0.6) is 0 Å². The highest BCUT2D eigenvalue weighted by atomic mass is 16.6. The molecule has 154 valence electrons. The van der Waals surface area contributed by atoms with Crippen LogP contribution >= 0.6 is 0 Å². The molecule has 0 spiro atoms. The van der Waals surface area contributed by atoms with Gasteiger partial charge in [-0.2, -0.15) is 0 Å². The van der Waals surface area contributed by atoms with Crippen molar-refractivity contribution >= 4 is 11.6 Å². The van der Waals surface area contributed by atoms with Crippen molar-refractivity contribution in [1.29, 1.82) is 0 Å². The monoisotopic (exact) mass is 395 g/mol. The van der Waals surface area contributed by atoms with Crippen molar-refractivity contribution in [3.05, 3.63) is 75.3 Å². The molecule has 1 saturated carbocycles. The molecule has 29 heavy (non-hydrogen) atoms. The number of carbonyl (C=O) groups excluding carboxylic acids is 1.